The summed E-state index contributed by atoms with van der Waals surface area (Å²) in [5, 5.41) is 22.1. The van der Waals surface area contributed by atoms with Gasteiger partial charge in [0.1, 0.15) is 0 Å². The van der Waals surface area contributed by atoms with Crippen LogP contribution in [0.5, 0.6) is 0 Å². The van der Waals surface area contributed by atoms with Gasteiger partial charge in [-0.15, -0.1) is 13.2 Å². The standard InChI is InChI=1S/C26H30O2/c1-5-19-25(27,7-3)23-15-11-9-13-21(23)17-18-22-14-10-12-16-24(22)26(28,8-4)20-6-2/h5-6,9-16,27-28H,1-2,7-8,19-20H2,3-4H3. The normalized spacial score (nSPS) is 14.9. The highest BCUT2D eigenvalue weighted by Crippen LogP contribution is 2.33. The molecule has 0 aromatic heterocycles. The molecule has 2 aromatic rings. The molecule has 2 rings (SSSR count). The van der Waals surface area contributed by atoms with Crippen molar-refractivity contribution in [3.8, 4) is 11.8 Å². The highest BCUT2D eigenvalue weighted by molar-refractivity contribution is 5.51. The summed E-state index contributed by atoms with van der Waals surface area (Å²) in [5.41, 5.74) is 1.21. The van der Waals surface area contributed by atoms with Crippen molar-refractivity contribution in [2.75, 3.05) is 0 Å². The average Bonchev–Trinajstić information content (AvgIpc) is 2.73. The molecule has 2 N–H and O–H groups in total. The van der Waals surface area contributed by atoms with Crippen LogP contribution in [0.3, 0.4) is 0 Å². The van der Waals surface area contributed by atoms with Crippen molar-refractivity contribution < 1.29 is 10.2 Å². The first kappa shape index (κ1) is 21.7. The summed E-state index contributed by atoms with van der Waals surface area (Å²) < 4.78 is 0. The second-order valence-corrected chi connectivity index (χ2v) is 7.10. The topological polar surface area (TPSA) is 40.5 Å². The van der Waals surface area contributed by atoms with Crippen molar-refractivity contribution in [2.45, 2.75) is 50.7 Å². The molecule has 0 heterocycles. The minimum atomic E-state index is -0.987. The third-order valence-corrected chi connectivity index (χ3v) is 5.32. The summed E-state index contributed by atoms with van der Waals surface area (Å²) in [4.78, 5) is 0. The summed E-state index contributed by atoms with van der Waals surface area (Å²) in [6.45, 7) is 11.5. The van der Waals surface area contributed by atoms with E-state index in [2.05, 4.69) is 25.0 Å². The van der Waals surface area contributed by atoms with E-state index in [1.807, 2.05) is 62.4 Å². The molecule has 146 valence electrons. The molecule has 0 amide bonds. The third-order valence-electron chi connectivity index (χ3n) is 5.32. The molecule has 0 aliphatic heterocycles. The van der Waals surface area contributed by atoms with Gasteiger partial charge >= 0.3 is 0 Å². The van der Waals surface area contributed by atoms with Gasteiger partial charge in [0.2, 0.25) is 0 Å². The van der Waals surface area contributed by atoms with Crippen LogP contribution in [0.4, 0.5) is 0 Å². The quantitative estimate of drug-likeness (QED) is 0.477. The zero-order valence-electron chi connectivity index (χ0n) is 16.9. The Labute approximate surface area is 169 Å². The van der Waals surface area contributed by atoms with Gasteiger partial charge in [-0.05, 0) is 48.9 Å². The maximum absolute atomic E-state index is 11.1. The molecular formula is C26H30O2. The first-order valence-electron chi connectivity index (χ1n) is 9.81. The van der Waals surface area contributed by atoms with Crippen LogP contribution in [-0.4, -0.2) is 10.2 Å². The van der Waals surface area contributed by atoms with Crippen LogP contribution in [0.2, 0.25) is 0 Å². The van der Waals surface area contributed by atoms with E-state index < -0.39 is 11.2 Å². The minimum Gasteiger partial charge on any atom is -0.385 e. The molecule has 0 fully saturated rings. The van der Waals surface area contributed by atoms with E-state index in [-0.39, 0.29) is 0 Å². The van der Waals surface area contributed by atoms with Crippen LogP contribution in [0, 0.1) is 11.8 Å². The molecule has 2 atom stereocenters. The first-order chi connectivity index (χ1) is 13.4. The van der Waals surface area contributed by atoms with Crippen molar-refractivity contribution >= 4 is 0 Å². The smallest absolute Gasteiger partial charge is 0.0940 e. The van der Waals surface area contributed by atoms with Crippen LogP contribution in [0.25, 0.3) is 0 Å². The van der Waals surface area contributed by atoms with Crippen molar-refractivity contribution in [1.82, 2.24) is 0 Å². The largest absolute Gasteiger partial charge is 0.385 e. The van der Waals surface area contributed by atoms with Crippen molar-refractivity contribution in [1.29, 1.82) is 0 Å². The summed E-state index contributed by atoms with van der Waals surface area (Å²) in [7, 11) is 0. The fraction of sp³-hybridized carbons (Fsp3) is 0.308. The molecular weight excluding hydrogens is 344 g/mol. The lowest BCUT2D eigenvalue weighted by atomic mass is 9.84. The van der Waals surface area contributed by atoms with E-state index in [0.717, 1.165) is 22.3 Å². The maximum atomic E-state index is 11.1. The highest BCUT2D eigenvalue weighted by atomic mass is 16.3. The fourth-order valence-corrected chi connectivity index (χ4v) is 3.50. The number of aliphatic hydroxyl groups is 2. The Bertz CT molecular complexity index is 815. The van der Waals surface area contributed by atoms with E-state index >= 15 is 0 Å². The highest BCUT2D eigenvalue weighted by Gasteiger charge is 2.29. The molecule has 0 aliphatic carbocycles. The number of rotatable bonds is 8. The second-order valence-electron chi connectivity index (χ2n) is 7.10. The summed E-state index contributed by atoms with van der Waals surface area (Å²) >= 11 is 0. The molecule has 0 bridgehead atoms. The number of benzene rings is 2. The van der Waals surface area contributed by atoms with Gasteiger partial charge in [-0.1, -0.05) is 74.2 Å². The van der Waals surface area contributed by atoms with E-state index in [4.69, 9.17) is 0 Å². The minimum absolute atomic E-state index is 0.466. The molecule has 2 aromatic carbocycles. The van der Waals surface area contributed by atoms with Crippen LogP contribution in [-0.2, 0) is 11.2 Å². The Hall–Kier alpha value is -2.60. The first-order valence-corrected chi connectivity index (χ1v) is 9.81. The third kappa shape index (κ3) is 4.62. The molecule has 0 spiro atoms. The fourth-order valence-electron chi connectivity index (χ4n) is 3.50. The van der Waals surface area contributed by atoms with Gasteiger partial charge in [0.25, 0.3) is 0 Å². The van der Waals surface area contributed by atoms with Gasteiger partial charge < -0.3 is 10.2 Å². The zero-order valence-corrected chi connectivity index (χ0v) is 16.9. The Kier molecular flexibility index (Phi) is 7.40. The summed E-state index contributed by atoms with van der Waals surface area (Å²) in [6, 6.07) is 15.4. The van der Waals surface area contributed by atoms with Gasteiger partial charge in [0.05, 0.1) is 11.2 Å². The molecule has 0 saturated heterocycles. The van der Waals surface area contributed by atoms with E-state index in [0.29, 0.717) is 25.7 Å². The SMILES string of the molecule is C=CCC(O)(CC)c1ccccc1C#Cc1ccccc1C(O)(CC)CC=C. The Morgan fingerprint density at radius 2 is 1.11 bits per heavy atom. The maximum Gasteiger partial charge on any atom is 0.0940 e. The van der Waals surface area contributed by atoms with E-state index in [1.165, 1.54) is 0 Å². The lowest BCUT2D eigenvalue weighted by Crippen LogP contribution is -2.25. The van der Waals surface area contributed by atoms with Crippen molar-refractivity contribution in [3.63, 3.8) is 0 Å². The van der Waals surface area contributed by atoms with Crippen molar-refractivity contribution in [2.24, 2.45) is 0 Å². The predicted molar refractivity (Wildman–Crippen MR) is 117 cm³/mol. The van der Waals surface area contributed by atoms with Gasteiger partial charge in [0.15, 0.2) is 0 Å². The van der Waals surface area contributed by atoms with Gasteiger partial charge in [0, 0.05) is 11.1 Å². The molecule has 0 aliphatic rings. The number of hydrogen-bond donors (Lipinski definition) is 2. The Morgan fingerprint density at radius 3 is 1.43 bits per heavy atom. The van der Waals surface area contributed by atoms with Gasteiger partial charge in [-0.2, -0.15) is 0 Å². The molecule has 2 heteroatoms. The molecule has 28 heavy (non-hydrogen) atoms. The van der Waals surface area contributed by atoms with Crippen LogP contribution < -0.4 is 0 Å². The molecule has 0 radical (unpaired) electrons. The van der Waals surface area contributed by atoms with E-state index in [9.17, 15) is 10.2 Å². The Morgan fingerprint density at radius 1 is 0.750 bits per heavy atom. The van der Waals surface area contributed by atoms with Gasteiger partial charge in [-0.25, -0.2) is 0 Å². The zero-order chi connectivity index (χ0) is 20.6. The molecule has 2 nitrogen and oxygen atoms in total. The number of hydrogen-bond acceptors (Lipinski definition) is 2. The predicted octanol–water partition coefficient (Wildman–Crippen LogP) is 5.43. The van der Waals surface area contributed by atoms with E-state index in [1.54, 1.807) is 12.2 Å². The van der Waals surface area contributed by atoms with Crippen molar-refractivity contribution in [3.05, 3.63) is 96.1 Å². The lowest BCUT2D eigenvalue weighted by molar-refractivity contribution is 0.0349. The monoisotopic (exact) mass is 374 g/mol. The average molecular weight is 375 g/mol. The van der Waals surface area contributed by atoms with Gasteiger partial charge in [-0.3, -0.25) is 0 Å². The summed E-state index contributed by atoms with van der Waals surface area (Å²) in [6.07, 6.45) is 5.55. The van der Waals surface area contributed by atoms with Crippen LogP contribution >= 0.6 is 0 Å². The lowest BCUT2D eigenvalue weighted by Gasteiger charge is -2.27. The van der Waals surface area contributed by atoms with Crippen LogP contribution in [0.1, 0.15) is 61.8 Å². The molecule has 0 saturated carbocycles. The van der Waals surface area contributed by atoms with Crippen LogP contribution in [0.15, 0.2) is 73.8 Å². The summed E-state index contributed by atoms with van der Waals surface area (Å²) in [5.74, 6) is 6.45. The Balaban J connectivity index is 2.55. The second kappa shape index (κ2) is 9.55. The molecule has 2 unspecified atom stereocenters.